The van der Waals surface area contributed by atoms with E-state index in [1.54, 1.807) is 0 Å². The van der Waals surface area contributed by atoms with Crippen LogP contribution in [0.4, 0.5) is 17.1 Å². The van der Waals surface area contributed by atoms with Crippen LogP contribution in [0.5, 0.6) is 0 Å². The summed E-state index contributed by atoms with van der Waals surface area (Å²) in [7, 11) is 0. The summed E-state index contributed by atoms with van der Waals surface area (Å²) < 4.78 is 0. The molecule has 48 heavy (non-hydrogen) atoms. The van der Waals surface area contributed by atoms with Gasteiger partial charge in [-0.2, -0.15) is 5.26 Å². The highest BCUT2D eigenvalue weighted by Crippen LogP contribution is 2.66. The minimum atomic E-state index is -0.509. The zero-order valence-corrected chi connectivity index (χ0v) is 26.1. The Balaban J connectivity index is 1.40. The molecule has 2 nitrogen and oxygen atoms in total. The van der Waals surface area contributed by atoms with Crippen molar-refractivity contribution in [2.45, 2.75) is 5.41 Å². The summed E-state index contributed by atoms with van der Waals surface area (Å²) in [5, 5.41) is 14.6. The van der Waals surface area contributed by atoms with Crippen molar-refractivity contribution >= 4 is 38.6 Å². The number of nitrogens with zero attached hydrogens (tertiary/aromatic N) is 2. The van der Waals surface area contributed by atoms with Gasteiger partial charge in [-0.3, -0.25) is 0 Å². The molecule has 0 fully saturated rings. The second-order valence-electron chi connectivity index (χ2n) is 12.7. The number of rotatable bonds is 3. The normalized spacial score (nSPS) is 13.1. The summed E-state index contributed by atoms with van der Waals surface area (Å²) in [4.78, 5) is 2.35. The average molecular weight is 609 g/mol. The molecule has 0 radical (unpaired) electrons. The van der Waals surface area contributed by atoms with E-state index in [1.807, 2.05) is 12.1 Å². The van der Waals surface area contributed by atoms with E-state index in [2.05, 4.69) is 169 Å². The smallest absolute Gasteiger partial charge is 0.0991 e. The molecule has 8 aromatic rings. The average Bonchev–Trinajstić information content (AvgIpc) is 3.63. The highest BCUT2D eigenvalue weighted by molar-refractivity contribution is 6.14. The first kappa shape index (κ1) is 26.8. The maximum atomic E-state index is 9.62. The molecule has 1 spiro atoms. The van der Waals surface area contributed by atoms with Gasteiger partial charge in [0.1, 0.15) is 0 Å². The Morgan fingerprint density at radius 3 is 1.75 bits per heavy atom. The molecule has 2 aliphatic rings. The van der Waals surface area contributed by atoms with Gasteiger partial charge in [-0.15, -0.1) is 0 Å². The Morgan fingerprint density at radius 2 is 1.04 bits per heavy atom. The lowest BCUT2D eigenvalue weighted by Crippen LogP contribution is -2.26. The molecule has 0 saturated carbocycles. The summed E-state index contributed by atoms with van der Waals surface area (Å²) in [5.41, 5.74) is 13.8. The van der Waals surface area contributed by atoms with Crippen molar-refractivity contribution in [3.63, 3.8) is 0 Å². The molecule has 0 amide bonds. The zero-order chi connectivity index (χ0) is 31.8. The fourth-order valence-corrected chi connectivity index (χ4v) is 8.63. The number of fused-ring (bicyclic) bond motifs is 14. The van der Waals surface area contributed by atoms with Gasteiger partial charge in [0.15, 0.2) is 0 Å². The van der Waals surface area contributed by atoms with Gasteiger partial charge >= 0.3 is 0 Å². The van der Waals surface area contributed by atoms with E-state index < -0.39 is 5.41 Å². The lowest BCUT2D eigenvalue weighted by molar-refractivity contribution is 0.802. The fraction of sp³-hybridized carbons (Fsp3) is 0.0217. The molecule has 0 bridgehead atoms. The maximum Gasteiger partial charge on any atom is 0.0991 e. The zero-order valence-electron chi connectivity index (χ0n) is 26.1. The molecule has 0 N–H and O–H groups in total. The van der Waals surface area contributed by atoms with Crippen LogP contribution in [0.25, 0.3) is 43.8 Å². The van der Waals surface area contributed by atoms with Gasteiger partial charge in [0.25, 0.3) is 0 Å². The first-order valence-corrected chi connectivity index (χ1v) is 16.4. The molecule has 2 aliphatic carbocycles. The third-order valence-electron chi connectivity index (χ3n) is 10.5. The van der Waals surface area contributed by atoms with Gasteiger partial charge in [-0.05, 0) is 103 Å². The summed E-state index contributed by atoms with van der Waals surface area (Å²) in [6.07, 6.45) is 0. The quantitative estimate of drug-likeness (QED) is 0.199. The lowest BCUT2D eigenvalue weighted by atomic mass is 9.69. The fourth-order valence-electron chi connectivity index (χ4n) is 8.63. The Hall–Kier alpha value is -6.43. The highest BCUT2D eigenvalue weighted by Gasteiger charge is 2.53. The third kappa shape index (κ3) is 3.45. The van der Waals surface area contributed by atoms with Crippen LogP contribution in [-0.4, -0.2) is 0 Å². The van der Waals surface area contributed by atoms with Crippen LogP contribution >= 0.6 is 0 Å². The topological polar surface area (TPSA) is 27.0 Å². The van der Waals surface area contributed by atoms with Crippen molar-refractivity contribution in [1.82, 2.24) is 0 Å². The van der Waals surface area contributed by atoms with Gasteiger partial charge < -0.3 is 4.90 Å². The molecule has 222 valence electrons. The Bertz CT molecular complexity index is 2580. The second kappa shape index (κ2) is 10.0. The summed E-state index contributed by atoms with van der Waals surface area (Å²) in [6, 6.07) is 63.7. The molecular formula is C46H28N2. The van der Waals surface area contributed by atoms with Crippen LogP contribution in [0.1, 0.15) is 27.8 Å². The first-order valence-electron chi connectivity index (χ1n) is 16.4. The van der Waals surface area contributed by atoms with E-state index in [0.29, 0.717) is 5.56 Å². The SMILES string of the molecule is N#Cc1ccc(N(c2ccccc2)c2cc3c(c4ccccc24)-c2ccc4ccccc4c2C32c3ccccc3-c3ccccc32)cc1. The van der Waals surface area contributed by atoms with Gasteiger partial charge in [-0.1, -0.05) is 127 Å². The number of hydrogen-bond acceptors (Lipinski definition) is 2. The number of anilines is 3. The standard InChI is InChI=1S/C46H28N2/c47-29-30-22-25-33(26-23-30)48(32-13-2-1-3-14-32)43-28-42-44(38-19-7-6-18-37(38)43)39-27-24-31-12-4-5-15-34(31)45(39)46(42)40-20-10-8-16-35(40)36-17-9-11-21-41(36)46/h1-28H. The number of hydrogen-bond donors (Lipinski definition) is 0. The Labute approximate surface area is 279 Å². The van der Waals surface area contributed by atoms with E-state index in [9.17, 15) is 5.26 Å². The summed E-state index contributed by atoms with van der Waals surface area (Å²) in [6.45, 7) is 0. The van der Waals surface area contributed by atoms with Crippen molar-refractivity contribution in [2.24, 2.45) is 0 Å². The summed E-state index contributed by atoms with van der Waals surface area (Å²) in [5.74, 6) is 0. The van der Waals surface area contributed by atoms with Crippen LogP contribution in [0.2, 0.25) is 0 Å². The van der Waals surface area contributed by atoms with Crippen LogP contribution in [0.15, 0.2) is 170 Å². The van der Waals surface area contributed by atoms with E-state index >= 15 is 0 Å². The van der Waals surface area contributed by atoms with E-state index in [4.69, 9.17) is 0 Å². The summed E-state index contributed by atoms with van der Waals surface area (Å²) >= 11 is 0. The molecule has 2 heteroatoms. The van der Waals surface area contributed by atoms with Crippen LogP contribution in [0, 0.1) is 11.3 Å². The second-order valence-corrected chi connectivity index (χ2v) is 12.7. The Kier molecular flexibility index (Phi) is 5.59. The number of para-hydroxylation sites is 1. The molecule has 0 atom stereocenters. The molecule has 8 aromatic carbocycles. The van der Waals surface area contributed by atoms with Crippen LogP contribution in [-0.2, 0) is 5.41 Å². The highest BCUT2D eigenvalue weighted by atomic mass is 15.1. The molecule has 10 rings (SSSR count). The van der Waals surface area contributed by atoms with E-state index in [1.165, 1.54) is 66.1 Å². The third-order valence-corrected chi connectivity index (χ3v) is 10.5. The number of nitriles is 1. The first-order chi connectivity index (χ1) is 23.8. The molecule has 0 unspecified atom stereocenters. The van der Waals surface area contributed by atoms with Gasteiger partial charge in [0.05, 0.1) is 22.7 Å². The van der Waals surface area contributed by atoms with Crippen molar-refractivity contribution in [3.8, 4) is 28.3 Å². The largest absolute Gasteiger partial charge is 0.310 e. The van der Waals surface area contributed by atoms with Crippen molar-refractivity contribution in [3.05, 3.63) is 198 Å². The van der Waals surface area contributed by atoms with Gasteiger partial charge in [-0.25, -0.2) is 0 Å². The van der Waals surface area contributed by atoms with Gasteiger partial charge in [0.2, 0.25) is 0 Å². The van der Waals surface area contributed by atoms with Crippen LogP contribution < -0.4 is 4.90 Å². The minimum Gasteiger partial charge on any atom is -0.310 e. The monoisotopic (exact) mass is 608 g/mol. The molecular weight excluding hydrogens is 581 g/mol. The van der Waals surface area contributed by atoms with Crippen LogP contribution in [0.3, 0.4) is 0 Å². The molecule has 0 saturated heterocycles. The van der Waals surface area contributed by atoms with E-state index in [-0.39, 0.29) is 0 Å². The number of benzene rings is 8. The van der Waals surface area contributed by atoms with Gasteiger partial charge in [0, 0.05) is 16.8 Å². The maximum absolute atomic E-state index is 9.62. The lowest BCUT2D eigenvalue weighted by Gasteiger charge is -2.33. The molecule has 0 heterocycles. The van der Waals surface area contributed by atoms with Crippen molar-refractivity contribution in [1.29, 1.82) is 5.26 Å². The van der Waals surface area contributed by atoms with Crippen molar-refractivity contribution in [2.75, 3.05) is 4.90 Å². The Morgan fingerprint density at radius 1 is 0.458 bits per heavy atom. The molecule has 0 aliphatic heterocycles. The van der Waals surface area contributed by atoms with E-state index in [0.717, 1.165) is 17.1 Å². The van der Waals surface area contributed by atoms with Crippen molar-refractivity contribution < 1.29 is 0 Å². The molecule has 0 aromatic heterocycles. The minimum absolute atomic E-state index is 0.509. The predicted octanol–water partition coefficient (Wildman–Crippen LogP) is 11.7. The predicted molar refractivity (Wildman–Crippen MR) is 197 cm³/mol.